The Hall–Kier alpha value is -2.41. The van der Waals surface area contributed by atoms with Crippen LogP contribution in [0.2, 0.25) is 0 Å². The summed E-state index contributed by atoms with van der Waals surface area (Å²) >= 11 is 0. The molecule has 0 unspecified atom stereocenters. The number of aliphatic imine (C=N–C) groups is 1. The first-order chi connectivity index (χ1) is 13.5. The topological polar surface area (TPSA) is 70.6 Å². The molecule has 1 saturated carbocycles. The average Bonchev–Trinajstić information content (AvgIpc) is 3.49. The second-order valence-corrected chi connectivity index (χ2v) is 9.21. The van der Waals surface area contributed by atoms with Gasteiger partial charge in [0, 0.05) is 25.6 Å². The van der Waals surface area contributed by atoms with E-state index < -0.39 is 9.84 Å². The van der Waals surface area contributed by atoms with Gasteiger partial charge in [-0.05, 0) is 43.0 Å². The molecule has 1 fully saturated rings. The zero-order chi connectivity index (χ0) is 20.0. The molecule has 28 heavy (non-hydrogen) atoms. The number of guanidine groups is 1. The zero-order valence-electron chi connectivity index (χ0n) is 16.0. The monoisotopic (exact) mass is 403 g/mol. The van der Waals surface area contributed by atoms with Gasteiger partial charge in [0.25, 0.3) is 0 Å². The van der Waals surface area contributed by atoms with Crippen molar-refractivity contribution in [3.8, 4) is 0 Å². The van der Waals surface area contributed by atoms with Crippen molar-refractivity contribution in [1.82, 2.24) is 10.6 Å². The fourth-order valence-electron chi connectivity index (χ4n) is 3.27. The van der Waals surface area contributed by atoms with Crippen molar-refractivity contribution in [3.05, 3.63) is 66.0 Å². The van der Waals surface area contributed by atoms with E-state index in [1.165, 1.54) is 6.07 Å². The SMILES string of the molecule is CN=C(NCCCS(=O)(=O)c1ccccc1)NCC1(c2ccccc2F)CC1. The molecule has 0 aliphatic heterocycles. The predicted octanol–water partition coefficient (Wildman–Crippen LogP) is 2.89. The Kier molecular flexibility index (Phi) is 6.34. The standard InChI is InChI=1S/C21H26FN3O2S/c1-23-20(24-14-7-15-28(26,27)17-8-3-2-4-9-17)25-16-21(12-13-21)18-10-5-6-11-19(18)22/h2-6,8-11H,7,12-16H2,1H3,(H2,23,24,25). The smallest absolute Gasteiger partial charge is 0.191 e. The third-order valence-electron chi connectivity index (χ3n) is 5.10. The van der Waals surface area contributed by atoms with Crippen LogP contribution in [0.15, 0.2) is 64.5 Å². The van der Waals surface area contributed by atoms with Crippen LogP contribution < -0.4 is 10.6 Å². The number of sulfone groups is 1. The molecule has 0 bridgehead atoms. The molecule has 0 amide bonds. The van der Waals surface area contributed by atoms with Crippen LogP contribution in [0.4, 0.5) is 4.39 Å². The van der Waals surface area contributed by atoms with E-state index in [9.17, 15) is 12.8 Å². The number of hydrogen-bond acceptors (Lipinski definition) is 3. The van der Waals surface area contributed by atoms with Crippen molar-refractivity contribution in [2.24, 2.45) is 4.99 Å². The summed E-state index contributed by atoms with van der Waals surface area (Å²) in [5.41, 5.74) is 0.562. The van der Waals surface area contributed by atoms with Crippen molar-refractivity contribution < 1.29 is 12.8 Å². The molecule has 0 spiro atoms. The molecule has 2 N–H and O–H groups in total. The van der Waals surface area contributed by atoms with E-state index in [0.29, 0.717) is 30.4 Å². The molecular weight excluding hydrogens is 377 g/mol. The third kappa shape index (κ3) is 4.90. The zero-order valence-corrected chi connectivity index (χ0v) is 16.8. The van der Waals surface area contributed by atoms with E-state index in [-0.39, 0.29) is 17.0 Å². The maximum atomic E-state index is 14.1. The second kappa shape index (κ2) is 8.73. The molecule has 3 rings (SSSR count). The van der Waals surface area contributed by atoms with Crippen LogP contribution in [0.5, 0.6) is 0 Å². The Morgan fingerprint density at radius 3 is 2.39 bits per heavy atom. The summed E-state index contributed by atoms with van der Waals surface area (Å²) in [7, 11) is -1.61. The van der Waals surface area contributed by atoms with Gasteiger partial charge in [-0.15, -0.1) is 0 Å². The van der Waals surface area contributed by atoms with Gasteiger partial charge in [0.2, 0.25) is 0 Å². The van der Waals surface area contributed by atoms with Gasteiger partial charge >= 0.3 is 0 Å². The molecule has 0 saturated heterocycles. The summed E-state index contributed by atoms with van der Waals surface area (Å²) in [6.07, 6.45) is 2.34. The van der Waals surface area contributed by atoms with E-state index in [0.717, 1.165) is 18.4 Å². The van der Waals surface area contributed by atoms with E-state index in [2.05, 4.69) is 15.6 Å². The van der Waals surface area contributed by atoms with Crippen molar-refractivity contribution in [2.45, 2.75) is 29.6 Å². The van der Waals surface area contributed by atoms with Gasteiger partial charge in [-0.2, -0.15) is 0 Å². The largest absolute Gasteiger partial charge is 0.356 e. The Balaban J connectivity index is 1.46. The fraction of sp³-hybridized carbons (Fsp3) is 0.381. The maximum absolute atomic E-state index is 14.1. The van der Waals surface area contributed by atoms with Crippen LogP contribution in [-0.4, -0.2) is 40.3 Å². The number of nitrogens with zero attached hydrogens (tertiary/aromatic N) is 1. The molecule has 5 nitrogen and oxygen atoms in total. The predicted molar refractivity (Wildman–Crippen MR) is 110 cm³/mol. The number of halogens is 1. The number of hydrogen-bond donors (Lipinski definition) is 2. The van der Waals surface area contributed by atoms with Crippen LogP contribution in [0.3, 0.4) is 0 Å². The maximum Gasteiger partial charge on any atom is 0.191 e. The lowest BCUT2D eigenvalue weighted by atomic mass is 9.95. The number of nitrogens with one attached hydrogen (secondary N) is 2. The lowest BCUT2D eigenvalue weighted by molar-refractivity contribution is 0.559. The van der Waals surface area contributed by atoms with E-state index in [1.807, 2.05) is 12.1 Å². The van der Waals surface area contributed by atoms with Crippen LogP contribution in [0.25, 0.3) is 0 Å². The molecule has 0 radical (unpaired) electrons. The van der Waals surface area contributed by atoms with E-state index in [4.69, 9.17) is 0 Å². The fourth-order valence-corrected chi connectivity index (χ4v) is 4.60. The van der Waals surface area contributed by atoms with Crippen molar-refractivity contribution in [1.29, 1.82) is 0 Å². The molecule has 150 valence electrons. The first-order valence-corrected chi connectivity index (χ1v) is 11.1. The highest BCUT2D eigenvalue weighted by Crippen LogP contribution is 2.48. The normalized spacial score (nSPS) is 15.9. The molecule has 7 heteroatoms. The molecule has 0 heterocycles. The summed E-state index contributed by atoms with van der Waals surface area (Å²) < 4.78 is 38.7. The first kappa shape index (κ1) is 20.3. The molecule has 0 aromatic heterocycles. The van der Waals surface area contributed by atoms with Crippen molar-refractivity contribution in [2.75, 3.05) is 25.9 Å². The molecule has 2 aromatic carbocycles. The van der Waals surface area contributed by atoms with Crippen molar-refractivity contribution >= 4 is 15.8 Å². The first-order valence-electron chi connectivity index (χ1n) is 9.44. The molecule has 0 atom stereocenters. The Labute approximate surface area is 166 Å². The van der Waals surface area contributed by atoms with Gasteiger partial charge in [-0.3, -0.25) is 4.99 Å². The highest BCUT2D eigenvalue weighted by molar-refractivity contribution is 7.91. The van der Waals surface area contributed by atoms with Gasteiger partial charge < -0.3 is 10.6 Å². The highest BCUT2D eigenvalue weighted by atomic mass is 32.2. The molecule has 1 aliphatic carbocycles. The minimum absolute atomic E-state index is 0.0696. The average molecular weight is 404 g/mol. The molecule has 1 aliphatic rings. The summed E-state index contributed by atoms with van der Waals surface area (Å²) in [6.45, 7) is 1.08. The van der Waals surface area contributed by atoms with Gasteiger partial charge in [0.15, 0.2) is 15.8 Å². The van der Waals surface area contributed by atoms with Crippen molar-refractivity contribution in [3.63, 3.8) is 0 Å². The number of benzene rings is 2. The van der Waals surface area contributed by atoms with Gasteiger partial charge in [0.1, 0.15) is 5.82 Å². The third-order valence-corrected chi connectivity index (χ3v) is 6.92. The summed E-state index contributed by atoms with van der Waals surface area (Å²) in [5, 5.41) is 6.39. The lowest BCUT2D eigenvalue weighted by Gasteiger charge is -2.19. The van der Waals surface area contributed by atoms with Crippen LogP contribution in [-0.2, 0) is 15.3 Å². The molecular formula is C21H26FN3O2S. The highest BCUT2D eigenvalue weighted by Gasteiger charge is 2.45. The van der Waals surface area contributed by atoms with E-state index in [1.54, 1.807) is 43.4 Å². The van der Waals surface area contributed by atoms with Gasteiger partial charge in [0.05, 0.1) is 10.6 Å². The van der Waals surface area contributed by atoms with Gasteiger partial charge in [-0.1, -0.05) is 36.4 Å². The minimum Gasteiger partial charge on any atom is -0.356 e. The summed E-state index contributed by atoms with van der Waals surface area (Å²) in [5.74, 6) is 0.496. The lowest BCUT2D eigenvalue weighted by Crippen LogP contribution is -2.42. The Morgan fingerprint density at radius 2 is 1.75 bits per heavy atom. The van der Waals surface area contributed by atoms with E-state index >= 15 is 0 Å². The number of rotatable bonds is 8. The Bertz CT molecular complexity index is 926. The summed E-state index contributed by atoms with van der Waals surface area (Å²) in [4.78, 5) is 4.52. The van der Waals surface area contributed by atoms with Crippen LogP contribution >= 0.6 is 0 Å². The minimum atomic E-state index is -3.27. The quantitative estimate of drug-likeness (QED) is 0.404. The Morgan fingerprint density at radius 1 is 1.07 bits per heavy atom. The summed E-state index contributed by atoms with van der Waals surface area (Å²) in [6, 6.07) is 15.4. The van der Waals surface area contributed by atoms with Gasteiger partial charge in [-0.25, -0.2) is 12.8 Å². The molecule has 2 aromatic rings. The second-order valence-electron chi connectivity index (χ2n) is 7.10. The van der Waals surface area contributed by atoms with Crippen LogP contribution in [0.1, 0.15) is 24.8 Å². The van der Waals surface area contributed by atoms with Crippen LogP contribution in [0, 0.1) is 5.82 Å².